The van der Waals surface area contributed by atoms with Crippen LogP contribution in [-0.4, -0.2) is 121 Å². The van der Waals surface area contributed by atoms with Crippen LogP contribution < -0.4 is 20.4 Å². The minimum atomic E-state index is -1.51. The zero-order valence-electron chi connectivity index (χ0n) is 34.8. The number of benzene rings is 4. The molecule has 12 nitrogen and oxygen atoms in total. The zero-order chi connectivity index (χ0) is 42.5. The van der Waals surface area contributed by atoms with Gasteiger partial charge in [-0.2, -0.15) is 0 Å². The van der Waals surface area contributed by atoms with Crippen molar-refractivity contribution in [2.45, 2.75) is 51.5 Å². The molecule has 0 aliphatic carbocycles. The highest BCUT2D eigenvalue weighted by Crippen LogP contribution is 2.35. The van der Waals surface area contributed by atoms with Gasteiger partial charge in [-0.1, -0.05) is 73.7 Å². The molecule has 0 spiro atoms. The quantitative estimate of drug-likeness (QED) is 0.0950. The lowest BCUT2D eigenvalue weighted by molar-refractivity contribution is -0.136. The second kappa shape index (κ2) is 19.0. The lowest BCUT2D eigenvalue weighted by atomic mass is 9.79. The number of likely N-dealkylation sites (tertiary alicyclic amines) is 1. The number of allylic oxidation sites excluding steroid dienone is 1. The number of piperidine rings is 2. The summed E-state index contributed by atoms with van der Waals surface area (Å²) in [7, 11) is -1.51. The number of hydrogen-bond acceptors (Lipinski definition) is 10. The van der Waals surface area contributed by atoms with Crippen molar-refractivity contribution in [1.82, 2.24) is 20.0 Å². The van der Waals surface area contributed by atoms with E-state index in [1.165, 1.54) is 24.8 Å². The molecule has 8 rings (SSSR count). The molecular formula is C48H54BN5O7. The molecule has 1 atom stereocenters. The van der Waals surface area contributed by atoms with Crippen molar-refractivity contribution < 1.29 is 34.0 Å². The molecule has 4 aliphatic heterocycles. The van der Waals surface area contributed by atoms with Crippen LogP contribution in [0.15, 0.2) is 97.1 Å². The average molecular weight is 824 g/mol. The first kappa shape index (κ1) is 42.1. The Hall–Kier alpha value is -5.60. The van der Waals surface area contributed by atoms with Gasteiger partial charge in [-0.05, 0) is 121 Å². The van der Waals surface area contributed by atoms with Crippen molar-refractivity contribution in [2.75, 3.05) is 63.9 Å². The second-order valence-electron chi connectivity index (χ2n) is 16.5. The number of carbonyl (C=O) groups excluding carboxylic acids is 4. The summed E-state index contributed by atoms with van der Waals surface area (Å²) >= 11 is 0. The van der Waals surface area contributed by atoms with Gasteiger partial charge in [-0.3, -0.25) is 39.2 Å². The SMILES string of the molecule is CC/C(=C(/c1ccc(OCCN2CCC(CCN3CCN(c4ccc5c(c4)C(=O)N(C4CCC(=O)NC4=O)C5=O)CC3)CC2)cc1)c1ccc(B(O)O)cc1)c1ccccc1. The highest BCUT2D eigenvalue weighted by Gasteiger charge is 2.45. The number of nitrogens with one attached hydrogen (secondary N) is 1. The lowest BCUT2D eigenvalue weighted by Gasteiger charge is -2.37. The van der Waals surface area contributed by atoms with E-state index in [9.17, 15) is 29.2 Å². The van der Waals surface area contributed by atoms with Crippen molar-refractivity contribution in [3.8, 4) is 5.75 Å². The Labute approximate surface area is 357 Å². The van der Waals surface area contributed by atoms with Gasteiger partial charge in [0.05, 0.1) is 11.1 Å². The molecule has 0 saturated carbocycles. The van der Waals surface area contributed by atoms with Crippen LogP contribution in [-0.2, 0) is 9.59 Å². The van der Waals surface area contributed by atoms with Gasteiger partial charge in [-0.25, -0.2) is 0 Å². The minimum Gasteiger partial charge on any atom is -0.492 e. The Morgan fingerprint density at radius 2 is 1.38 bits per heavy atom. The fourth-order valence-electron chi connectivity index (χ4n) is 9.26. The van der Waals surface area contributed by atoms with Crippen LogP contribution in [0.2, 0.25) is 0 Å². The van der Waals surface area contributed by atoms with Crippen LogP contribution in [0.25, 0.3) is 11.1 Å². The summed E-state index contributed by atoms with van der Waals surface area (Å²) in [6.45, 7) is 10.4. The van der Waals surface area contributed by atoms with Gasteiger partial charge in [0.2, 0.25) is 11.8 Å². The molecule has 0 radical (unpaired) electrons. The third-order valence-corrected chi connectivity index (χ3v) is 12.8. The number of nitrogens with zero attached hydrogens (tertiary/aromatic N) is 4. The molecule has 13 heteroatoms. The van der Waals surface area contributed by atoms with Crippen molar-refractivity contribution in [2.24, 2.45) is 5.92 Å². The maximum absolute atomic E-state index is 13.3. The largest absolute Gasteiger partial charge is 0.492 e. The van der Waals surface area contributed by atoms with E-state index in [1.54, 1.807) is 24.3 Å². The van der Waals surface area contributed by atoms with Crippen LogP contribution >= 0.6 is 0 Å². The third kappa shape index (κ3) is 9.50. The maximum atomic E-state index is 13.3. The molecular weight excluding hydrogens is 769 g/mol. The van der Waals surface area contributed by atoms with Gasteiger partial charge in [0.1, 0.15) is 18.4 Å². The molecule has 3 fully saturated rings. The molecule has 3 N–H and O–H groups in total. The second-order valence-corrected chi connectivity index (χ2v) is 16.5. The summed E-state index contributed by atoms with van der Waals surface area (Å²) in [6.07, 6.45) is 4.62. The standard InChI is InChI=1S/C48H54BN5O7/c1-2-40(34-6-4-3-5-7-34)45(35-8-12-37(13-9-35)49(59)60)36-10-15-39(16-11-36)61-31-30-51-23-20-33(21-24-51)22-25-52-26-28-53(29-27-52)38-14-17-41-42(32-38)48(58)54(47(41)57)43-18-19-44(55)50-46(43)56/h3-17,32-33,43,59-60H,2,18-31H2,1H3,(H,50,55,56)/b45-40-. The molecule has 4 aromatic rings. The molecule has 61 heavy (non-hydrogen) atoms. The summed E-state index contributed by atoms with van der Waals surface area (Å²) in [5, 5.41) is 21.6. The van der Waals surface area contributed by atoms with Crippen molar-refractivity contribution in [3.63, 3.8) is 0 Å². The van der Waals surface area contributed by atoms with Crippen LogP contribution in [0.1, 0.15) is 82.9 Å². The van der Waals surface area contributed by atoms with E-state index in [1.807, 2.05) is 36.4 Å². The highest BCUT2D eigenvalue weighted by atomic mass is 16.5. The van der Waals surface area contributed by atoms with Gasteiger partial charge < -0.3 is 19.7 Å². The van der Waals surface area contributed by atoms with E-state index in [4.69, 9.17) is 4.74 Å². The number of imide groups is 2. The summed E-state index contributed by atoms with van der Waals surface area (Å²) < 4.78 is 6.24. The van der Waals surface area contributed by atoms with Crippen LogP contribution in [0, 0.1) is 5.92 Å². The number of amides is 4. The van der Waals surface area contributed by atoms with Crippen molar-refractivity contribution in [1.29, 1.82) is 0 Å². The fraction of sp³-hybridized carbons (Fsp3) is 0.375. The summed E-state index contributed by atoms with van der Waals surface area (Å²) in [5.41, 5.74) is 7.56. The van der Waals surface area contributed by atoms with Gasteiger partial charge in [0, 0.05) is 44.8 Å². The first-order valence-electron chi connectivity index (χ1n) is 21.7. The molecule has 1 unspecified atom stereocenters. The molecule has 316 valence electrons. The van der Waals surface area contributed by atoms with Gasteiger partial charge in [-0.15, -0.1) is 0 Å². The summed E-state index contributed by atoms with van der Waals surface area (Å²) in [4.78, 5) is 58.8. The molecule has 4 amide bonds. The smallest absolute Gasteiger partial charge is 0.488 e. The number of fused-ring (bicyclic) bond motifs is 1. The van der Waals surface area contributed by atoms with Crippen LogP contribution in [0.4, 0.5) is 5.69 Å². The van der Waals surface area contributed by atoms with Crippen LogP contribution in [0.5, 0.6) is 5.75 Å². The monoisotopic (exact) mass is 823 g/mol. The normalized spacial score (nSPS) is 19.5. The lowest BCUT2D eigenvalue weighted by Crippen LogP contribution is -2.54. The van der Waals surface area contributed by atoms with E-state index in [0.29, 0.717) is 29.1 Å². The number of hydrogen-bond donors (Lipinski definition) is 3. The Kier molecular flexibility index (Phi) is 13.1. The third-order valence-electron chi connectivity index (χ3n) is 12.8. The number of rotatable bonds is 14. The Bertz CT molecular complexity index is 2250. The van der Waals surface area contributed by atoms with E-state index < -0.39 is 30.9 Å². The highest BCUT2D eigenvalue weighted by molar-refractivity contribution is 6.58. The summed E-state index contributed by atoms with van der Waals surface area (Å²) in [6, 6.07) is 30.5. The number of piperazine rings is 1. The molecule has 3 saturated heterocycles. The predicted molar refractivity (Wildman–Crippen MR) is 236 cm³/mol. The van der Waals surface area contributed by atoms with Gasteiger partial charge in [0.25, 0.3) is 11.8 Å². The minimum absolute atomic E-state index is 0.0992. The fourth-order valence-corrected chi connectivity index (χ4v) is 9.26. The molecule has 4 aromatic carbocycles. The van der Waals surface area contributed by atoms with Crippen molar-refractivity contribution >= 4 is 53.0 Å². The van der Waals surface area contributed by atoms with Crippen LogP contribution in [0.3, 0.4) is 0 Å². The van der Waals surface area contributed by atoms with Gasteiger partial charge in [0.15, 0.2) is 0 Å². The van der Waals surface area contributed by atoms with E-state index >= 15 is 0 Å². The Balaban J connectivity index is 0.773. The first-order chi connectivity index (χ1) is 29.7. The molecule has 4 heterocycles. The molecule has 4 aliphatic rings. The maximum Gasteiger partial charge on any atom is 0.488 e. The molecule has 0 bridgehead atoms. The molecule has 0 aromatic heterocycles. The Morgan fingerprint density at radius 3 is 2.03 bits per heavy atom. The average Bonchev–Trinajstić information content (AvgIpc) is 3.53. The van der Waals surface area contributed by atoms with Gasteiger partial charge >= 0.3 is 7.12 Å². The van der Waals surface area contributed by atoms with E-state index in [2.05, 4.69) is 63.3 Å². The predicted octanol–water partition coefficient (Wildman–Crippen LogP) is 4.44. The van der Waals surface area contributed by atoms with E-state index in [-0.39, 0.29) is 18.7 Å². The van der Waals surface area contributed by atoms with E-state index in [0.717, 1.165) is 97.4 Å². The van der Waals surface area contributed by atoms with Crippen molar-refractivity contribution in [3.05, 3.63) is 125 Å². The number of anilines is 1. The topological polar surface area (TPSA) is 143 Å². The number of ether oxygens (including phenoxy) is 1. The zero-order valence-corrected chi connectivity index (χ0v) is 34.8. The first-order valence-corrected chi connectivity index (χ1v) is 21.7. The Morgan fingerprint density at radius 1 is 0.721 bits per heavy atom. The number of carbonyl (C=O) groups is 4. The summed E-state index contributed by atoms with van der Waals surface area (Å²) in [5.74, 6) is -0.398.